The lowest BCUT2D eigenvalue weighted by Crippen LogP contribution is -2.01. The van der Waals surface area contributed by atoms with Crippen LogP contribution in [0.25, 0.3) is 10.9 Å². The minimum absolute atomic E-state index is 0.0284. The van der Waals surface area contributed by atoms with E-state index in [0.717, 1.165) is 15.4 Å². The third kappa shape index (κ3) is 2.47. The van der Waals surface area contributed by atoms with Gasteiger partial charge in [0.15, 0.2) is 5.78 Å². The van der Waals surface area contributed by atoms with Gasteiger partial charge in [0, 0.05) is 32.2 Å². The Balaban J connectivity index is 2.08. The summed E-state index contributed by atoms with van der Waals surface area (Å²) in [5.41, 5.74) is 2.11. The molecule has 2 aromatic carbocycles. The van der Waals surface area contributed by atoms with E-state index in [4.69, 9.17) is 11.6 Å². The molecule has 1 heterocycles. The molecule has 3 aromatic rings. The third-order valence-corrected chi connectivity index (χ3v) is 4.00. The molecule has 0 aliphatic rings. The van der Waals surface area contributed by atoms with Crippen LogP contribution in [0.5, 0.6) is 0 Å². The van der Waals surface area contributed by atoms with E-state index in [1.54, 1.807) is 36.5 Å². The van der Waals surface area contributed by atoms with Crippen molar-refractivity contribution in [3.8, 4) is 0 Å². The van der Waals surface area contributed by atoms with Crippen molar-refractivity contribution in [2.75, 3.05) is 0 Å². The first-order chi connectivity index (χ1) is 9.65. The molecule has 98 valence electrons. The highest BCUT2D eigenvalue weighted by Crippen LogP contribution is 2.24. The highest BCUT2D eigenvalue weighted by molar-refractivity contribution is 9.10. The Kier molecular flexibility index (Phi) is 3.55. The second kappa shape index (κ2) is 5.35. The summed E-state index contributed by atoms with van der Waals surface area (Å²) in [6, 6.07) is 14.2. The molecule has 0 unspecified atom stereocenters. The number of carbonyl (C=O) groups excluding carboxylic acids is 1. The Morgan fingerprint density at radius 2 is 1.70 bits per heavy atom. The van der Waals surface area contributed by atoms with Crippen molar-refractivity contribution in [2.24, 2.45) is 0 Å². The van der Waals surface area contributed by atoms with E-state index in [9.17, 15) is 4.79 Å². The zero-order valence-electron chi connectivity index (χ0n) is 10.3. The Morgan fingerprint density at radius 1 is 1.00 bits per heavy atom. The first-order valence-electron chi connectivity index (χ1n) is 6.00. The van der Waals surface area contributed by atoms with Crippen LogP contribution in [0.1, 0.15) is 15.9 Å². The fourth-order valence-corrected chi connectivity index (χ4v) is 2.58. The Labute approximate surface area is 129 Å². The van der Waals surface area contributed by atoms with Crippen molar-refractivity contribution in [2.45, 2.75) is 0 Å². The average Bonchev–Trinajstić information content (AvgIpc) is 2.47. The smallest absolute Gasteiger partial charge is 0.193 e. The number of benzene rings is 2. The molecule has 4 heteroatoms. The van der Waals surface area contributed by atoms with Gasteiger partial charge in [-0.1, -0.05) is 27.5 Å². The normalized spacial score (nSPS) is 10.7. The molecule has 0 radical (unpaired) electrons. The average molecular weight is 347 g/mol. The van der Waals surface area contributed by atoms with Crippen LogP contribution in [0, 0.1) is 0 Å². The second-order valence-electron chi connectivity index (χ2n) is 4.36. The highest BCUT2D eigenvalue weighted by atomic mass is 79.9. The molecular formula is C16H9BrClNO. The summed E-state index contributed by atoms with van der Waals surface area (Å²) in [7, 11) is 0. The lowest BCUT2D eigenvalue weighted by Gasteiger charge is -2.04. The molecule has 0 N–H and O–H groups in total. The van der Waals surface area contributed by atoms with Crippen LogP contribution in [-0.4, -0.2) is 10.8 Å². The molecule has 3 rings (SSSR count). The molecule has 1 aromatic heterocycles. The fraction of sp³-hybridized carbons (Fsp3) is 0. The number of pyridine rings is 1. The SMILES string of the molecule is O=C(c1ccc(Cl)cc1)c1ccc2nccc(Br)c2c1. The van der Waals surface area contributed by atoms with Crippen LogP contribution < -0.4 is 0 Å². The first kappa shape index (κ1) is 13.3. The van der Waals surface area contributed by atoms with Crippen molar-refractivity contribution < 1.29 is 4.79 Å². The quantitative estimate of drug-likeness (QED) is 0.619. The number of ketones is 1. The molecule has 0 saturated heterocycles. The molecule has 0 aliphatic carbocycles. The third-order valence-electron chi connectivity index (χ3n) is 3.06. The molecule has 0 amide bonds. The van der Waals surface area contributed by atoms with Crippen LogP contribution in [0.4, 0.5) is 0 Å². The molecule has 2 nitrogen and oxygen atoms in total. The van der Waals surface area contributed by atoms with Crippen molar-refractivity contribution in [1.29, 1.82) is 0 Å². The van der Waals surface area contributed by atoms with E-state index < -0.39 is 0 Å². The topological polar surface area (TPSA) is 30.0 Å². The molecule has 0 spiro atoms. The van der Waals surface area contributed by atoms with Gasteiger partial charge in [0.1, 0.15) is 0 Å². The van der Waals surface area contributed by atoms with E-state index in [1.165, 1.54) is 0 Å². The van der Waals surface area contributed by atoms with Gasteiger partial charge >= 0.3 is 0 Å². The van der Waals surface area contributed by atoms with E-state index >= 15 is 0 Å². The zero-order chi connectivity index (χ0) is 14.1. The molecule has 0 bridgehead atoms. The minimum Gasteiger partial charge on any atom is -0.289 e. The van der Waals surface area contributed by atoms with Crippen LogP contribution in [0.3, 0.4) is 0 Å². The number of fused-ring (bicyclic) bond motifs is 1. The van der Waals surface area contributed by atoms with Gasteiger partial charge in [-0.05, 0) is 48.5 Å². The maximum absolute atomic E-state index is 12.4. The number of hydrogen-bond donors (Lipinski definition) is 0. The standard InChI is InChI=1S/C16H9BrClNO/c17-14-7-8-19-15-6-3-11(9-13(14)15)16(20)10-1-4-12(18)5-2-10/h1-9H. The van der Waals surface area contributed by atoms with E-state index in [1.807, 2.05) is 18.2 Å². The summed E-state index contributed by atoms with van der Waals surface area (Å²) in [6.45, 7) is 0. The maximum atomic E-state index is 12.4. The van der Waals surface area contributed by atoms with Crippen LogP contribution in [0.2, 0.25) is 5.02 Å². The lowest BCUT2D eigenvalue weighted by atomic mass is 10.0. The number of halogens is 2. The molecule has 0 saturated carbocycles. The van der Waals surface area contributed by atoms with Gasteiger partial charge in [-0.2, -0.15) is 0 Å². The number of aromatic nitrogens is 1. The Morgan fingerprint density at radius 3 is 2.45 bits per heavy atom. The minimum atomic E-state index is -0.0284. The first-order valence-corrected chi connectivity index (χ1v) is 7.17. The summed E-state index contributed by atoms with van der Waals surface area (Å²) in [5, 5.41) is 1.54. The van der Waals surface area contributed by atoms with Gasteiger partial charge in [0.05, 0.1) is 5.52 Å². The van der Waals surface area contributed by atoms with Crippen molar-refractivity contribution in [1.82, 2.24) is 4.98 Å². The predicted octanol–water partition coefficient (Wildman–Crippen LogP) is 4.88. The molecule has 0 fully saturated rings. The van der Waals surface area contributed by atoms with Crippen LogP contribution >= 0.6 is 27.5 Å². The van der Waals surface area contributed by atoms with Crippen molar-refractivity contribution >= 4 is 44.2 Å². The predicted molar refractivity (Wildman–Crippen MR) is 84.3 cm³/mol. The van der Waals surface area contributed by atoms with Gasteiger partial charge in [0.25, 0.3) is 0 Å². The van der Waals surface area contributed by atoms with E-state index in [0.29, 0.717) is 16.1 Å². The second-order valence-corrected chi connectivity index (χ2v) is 5.65. The summed E-state index contributed by atoms with van der Waals surface area (Å²) in [6.07, 6.45) is 1.73. The summed E-state index contributed by atoms with van der Waals surface area (Å²) in [4.78, 5) is 16.7. The monoisotopic (exact) mass is 345 g/mol. The van der Waals surface area contributed by atoms with E-state index in [2.05, 4.69) is 20.9 Å². The number of nitrogens with zero attached hydrogens (tertiary/aromatic N) is 1. The molecular weight excluding hydrogens is 338 g/mol. The Hall–Kier alpha value is -1.71. The zero-order valence-corrected chi connectivity index (χ0v) is 12.6. The van der Waals surface area contributed by atoms with Gasteiger partial charge in [-0.3, -0.25) is 9.78 Å². The highest BCUT2D eigenvalue weighted by Gasteiger charge is 2.10. The maximum Gasteiger partial charge on any atom is 0.193 e. The van der Waals surface area contributed by atoms with Gasteiger partial charge in [-0.25, -0.2) is 0 Å². The van der Waals surface area contributed by atoms with Gasteiger partial charge in [-0.15, -0.1) is 0 Å². The summed E-state index contributed by atoms with van der Waals surface area (Å²) in [5.74, 6) is -0.0284. The molecule has 0 atom stereocenters. The largest absolute Gasteiger partial charge is 0.289 e. The van der Waals surface area contributed by atoms with Crippen molar-refractivity contribution in [3.63, 3.8) is 0 Å². The van der Waals surface area contributed by atoms with Gasteiger partial charge in [0.2, 0.25) is 0 Å². The van der Waals surface area contributed by atoms with Crippen LogP contribution in [-0.2, 0) is 0 Å². The van der Waals surface area contributed by atoms with Gasteiger partial charge < -0.3 is 0 Å². The van der Waals surface area contributed by atoms with E-state index in [-0.39, 0.29) is 5.78 Å². The summed E-state index contributed by atoms with van der Waals surface area (Å²) >= 11 is 9.31. The molecule has 0 aliphatic heterocycles. The number of carbonyl (C=O) groups is 1. The van der Waals surface area contributed by atoms with Crippen LogP contribution in [0.15, 0.2) is 59.2 Å². The Bertz CT molecular complexity index is 799. The van der Waals surface area contributed by atoms with Crippen molar-refractivity contribution in [3.05, 3.63) is 75.4 Å². The fourth-order valence-electron chi connectivity index (χ4n) is 2.02. The lowest BCUT2D eigenvalue weighted by molar-refractivity contribution is 0.103. The number of hydrogen-bond acceptors (Lipinski definition) is 2. The molecule has 20 heavy (non-hydrogen) atoms. The summed E-state index contributed by atoms with van der Waals surface area (Å²) < 4.78 is 0.924. The number of rotatable bonds is 2.